The van der Waals surface area contributed by atoms with Crippen molar-refractivity contribution in [3.8, 4) is 5.88 Å². The van der Waals surface area contributed by atoms with Crippen LogP contribution >= 0.6 is 0 Å². The van der Waals surface area contributed by atoms with Crippen LogP contribution in [0.3, 0.4) is 0 Å². The van der Waals surface area contributed by atoms with Crippen LogP contribution < -0.4 is 16.0 Å². The summed E-state index contributed by atoms with van der Waals surface area (Å²) in [5.41, 5.74) is 3.59. The van der Waals surface area contributed by atoms with Crippen LogP contribution in [-0.2, 0) is 0 Å². The minimum atomic E-state index is 0.282. The molecule has 0 aliphatic heterocycles. The highest BCUT2D eigenvalue weighted by Crippen LogP contribution is 2.40. The van der Waals surface area contributed by atoms with Crippen LogP contribution in [0.5, 0.6) is 5.88 Å². The summed E-state index contributed by atoms with van der Waals surface area (Å²) in [6.45, 7) is 4.26. The number of rotatable bonds is 4. The molecule has 0 bridgehead atoms. The molecule has 0 spiro atoms. The molecule has 5 heteroatoms. The zero-order chi connectivity index (χ0) is 14.1. The lowest BCUT2D eigenvalue weighted by Gasteiger charge is -2.27. The van der Waals surface area contributed by atoms with Crippen LogP contribution in [0.1, 0.15) is 62.8 Å². The molecule has 2 fully saturated rings. The number of nitrogens with zero attached hydrogens (tertiary/aromatic N) is 2. The van der Waals surface area contributed by atoms with Gasteiger partial charge in [0.15, 0.2) is 0 Å². The van der Waals surface area contributed by atoms with Gasteiger partial charge in [-0.3, -0.25) is 0 Å². The van der Waals surface area contributed by atoms with Crippen molar-refractivity contribution in [3.05, 3.63) is 11.4 Å². The van der Waals surface area contributed by atoms with Crippen LogP contribution in [0.4, 0.5) is 5.82 Å². The Bertz CT molecular complexity index is 487. The third-order valence-corrected chi connectivity index (χ3v) is 4.36. The van der Waals surface area contributed by atoms with Crippen molar-refractivity contribution < 1.29 is 4.74 Å². The van der Waals surface area contributed by atoms with E-state index in [4.69, 9.17) is 10.6 Å². The van der Waals surface area contributed by atoms with Crippen molar-refractivity contribution in [3.63, 3.8) is 0 Å². The summed E-state index contributed by atoms with van der Waals surface area (Å²) in [7, 11) is 0. The highest BCUT2D eigenvalue weighted by molar-refractivity contribution is 5.48. The molecule has 2 unspecified atom stereocenters. The maximum Gasteiger partial charge on any atom is 0.222 e. The van der Waals surface area contributed by atoms with Crippen molar-refractivity contribution in [2.45, 2.75) is 64.4 Å². The molecule has 5 nitrogen and oxygen atoms in total. The first-order chi connectivity index (χ1) is 9.67. The summed E-state index contributed by atoms with van der Waals surface area (Å²) in [6.07, 6.45) is 7.43. The predicted molar refractivity (Wildman–Crippen MR) is 78.6 cm³/mol. The lowest BCUT2D eigenvalue weighted by atomic mass is 9.89. The maximum absolute atomic E-state index is 6.17. The molecule has 0 amide bonds. The number of nitrogen functional groups attached to an aromatic ring is 1. The number of hydrogen-bond acceptors (Lipinski definition) is 5. The second-order valence-corrected chi connectivity index (χ2v) is 6.29. The monoisotopic (exact) mass is 276 g/mol. The van der Waals surface area contributed by atoms with Crippen molar-refractivity contribution in [2.75, 3.05) is 5.43 Å². The largest absolute Gasteiger partial charge is 0.474 e. The van der Waals surface area contributed by atoms with Crippen molar-refractivity contribution in [2.24, 2.45) is 11.8 Å². The first-order valence-electron chi connectivity index (χ1n) is 7.69. The Morgan fingerprint density at radius 2 is 2.00 bits per heavy atom. The van der Waals surface area contributed by atoms with Crippen molar-refractivity contribution in [1.29, 1.82) is 0 Å². The Hall–Kier alpha value is -1.36. The van der Waals surface area contributed by atoms with E-state index in [1.54, 1.807) is 0 Å². The van der Waals surface area contributed by atoms with E-state index >= 15 is 0 Å². The molecule has 2 aliphatic carbocycles. The average molecular weight is 276 g/mol. The Kier molecular flexibility index (Phi) is 3.78. The zero-order valence-electron chi connectivity index (χ0n) is 12.4. The van der Waals surface area contributed by atoms with Crippen LogP contribution in [0.2, 0.25) is 0 Å². The molecule has 1 heterocycles. The molecule has 0 radical (unpaired) electrons. The van der Waals surface area contributed by atoms with E-state index in [2.05, 4.69) is 22.3 Å². The van der Waals surface area contributed by atoms with Gasteiger partial charge in [-0.1, -0.05) is 13.3 Å². The van der Waals surface area contributed by atoms with Gasteiger partial charge in [0.05, 0.1) is 5.56 Å². The number of anilines is 1. The third-order valence-electron chi connectivity index (χ3n) is 4.36. The molecule has 1 aromatic rings. The number of nitrogens with one attached hydrogen (secondary N) is 1. The molecule has 1 aromatic heterocycles. The Morgan fingerprint density at radius 1 is 1.20 bits per heavy atom. The van der Waals surface area contributed by atoms with E-state index < -0.39 is 0 Å². The van der Waals surface area contributed by atoms with Gasteiger partial charge in [0.2, 0.25) is 5.88 Å². The predicted octanol–water partition coefficient (Wildman–Crippen LogP) is 2.91. The Morgan fingerprint density at radius 3 is 2.65 bits per heavy atom. The SMILES string of the molecule is Cc1c(NN)nc(C2CC2)nc1OC1CCCC(C)C1. The molecule has 0 saturated heterocycles. The quantitative estimate of drug-likeness (QED) is 0.653. The van der Waals surface area contributed by atoms with Crippen molar-refractivity contribution >= 4 is 5.82 Å². The van der Waals surface area contributed by atoms with Crippen LogP contribution in [-0.4, -0.2) is 16.1 Å². The summed E-state index contributed by atoms with van der Waals surface area (Å²) >= 11 is 0. The van der Waals surface area contributed by atoms with Crippen LogP contribution in [0.15, 0.2) is 0 Å². The van der Waals surface area contributed by atoms with Gasteiger partial charge in [-0.15, -0.1) is 0 Å². The van der Waals surface area contributed by atoms with Crippen molar-refractivity contribution in [1.82, 2.24) is 9.97 Å². The Balaban J connectivity index is 1.81. The molecule has 2 saturated carbocycles. The average Bonchev–Trinajstić information content (AvgIpc) is 3.25. The smallest absolute Gasteiger partial charge is 0.222 e. The molecule has 2 atom stereocenters. The number of ether oxygens (including phenoxy) is 1. The zero-order valence-corrected chi connectivity index (χ0v) is 12.4. The number of hydrogen-bond donors (Lipinski definition) is 2. The summed E-state index contributed by atoms with van der Waals surface area (Å²) in [5, 5.41) is 0. The van der Waals surface area contributed by atoms with Gasteiger partial charge < -0.3 is 10.2 Å². The number of nitrogens with two attached hydrogens (primary N) is 1. The second-order valence-electron chi connectivity index (χ2n) is 6.29. The fraction of sp³-hybridized carbons (Fsp3) is 0.733. The number of aromatic nitrogens is 2. The summed E-state index contributed by atoms with van der Waals surface area (Å²) < 4.78 is 6.17. The fourth-order valence-corrected chi connectivity index (χ4v) is 2.94. The topological polar surface area (TPSA) is 73.1 Å². The first-order valence-corrected chi connectivity index (χ1v) is 7.69. The van der Waals surface area contributed by atoms with Gasteiger partial charge in [-0.2, -0.15) is 4.98 Å². The third kappa shape index (κ3) is 2.87. The second kappa shape index (κ2) is 5.56. The Labute approximate surface area is 120 Å². The standard InChI is InChI=1S/C15H24N4O/c1-9-4-3-5-12(8-9)20-15-10(2)13(19-16)17-14(18-15)11-6-7-11/h9,11-12H,3-8,16H2,1-2H3,(H,17,18,19). The van der Waals surface area contributed by atoms with E-state index in [0.717, 1.165) is 30.1 Å². The molecule has 3 N–H and O–H groups in total. The highest BCUT2D eigenvalue weighted by atomic mass is 16.5. The van der Waals surface area contributed by atoms with E-state index in [1.165, 1.54) is 25.7 Å². The van der Waals surface area contributed by atoms with E-state index in [9.17, 15) is 0 Å². The molecular formula is C15H24N4O. The molecule has 3 rings (SSSR count). The minimum Gasteiger partial charge on any atom is -0.474 e. The van der Waals surface area contributed by atoms with Gasteiger partial charge in [0.25, 0.3) is 0 Å². The number of hydrazine groups is 1. The van der Waals surface area contributed by atoms with E-state index in [-0.39, 0.29) is 6.10 Å². The van der Waals surface area contributed by atoms with Gasteiger partial charge in [-0.25, -0.2) is 10.8 Å². The minimum absolute atomic E-state index is 0.282. The lowest BCUT2D eigenvalue weighted by molar-refractivity contribution is 0.122. The molecule has 2 aliphatic rings. The summed E-state index contributed by atoms with van der Waals surface area (Å²) in [5.74, 6) is 9.09. The summed E-state index contributed by atoms with van der Waals surface area (Å²) in [4.78, 5) is 9.13. The van der Waals surface area contributed by atoms with Gasteiger partial charge in [-0.05, 0) is 44.9 Å². The van der Waals surface area contributed by atoms with E-state index in [0.29, 0.717) is 17.6 Å². The lowest BCUT2D eigenvalue weighted by Crippen LogP contribution is -2.25. The molecule has 20 heavy (non-hydrogen) atoms. The van der Waals surface area contributed by atoms with E-state index in [1.807, 2.05) is 6.92 Å². The molecule has 110 valence electrons. The first kappa shape index (κ1) is 13.6. The molecular weight excluding hydrogens is 252 g/mol. The van der Waals surface area contributed by atoms with Crippen LogP contribution in [0.25, 0.3) is 0 Å². The van der Waals surface area contributed by atoms with Crippen LogP contribution in [0, 0.1) is 12.8 Å². The summed E-state index contributed by atoms with van der Waals surface area (Å²) in [6, 6.07) is 0. The van der Waals surface area contributed by atoms with Gasteiger partial charge in [0.1, 0.15) is 17.7 Å². The maximum atomic E-state index is 6.17. The molecule has 0 aromatic carbocycles. The highest BCUT2D eigenvalue weighted by Gasteiger charge is 2.29. The fourth-order valence-electron chi connectivity index (χ4n) is 2.94. The normalized spacial score (nSPS) is 26.4. The van der Waals surface area contributed by atoms with Gasteiger partial charge >= 0.3 is 0 Å². The van der Waals surface area contributed by atoms with Gasteiger partial charge in [0, 0.05) is 5.92 Å².